The lowest BCUT2D eigenvalue weighted by Gasteiger charge is -2.30. The fraction of sp³-hybridized carbons (Fsp3) is 0.632. The molecule has 0 aromatic heterocycles. The standard InChI is InChI=1S/C19H27ClN4O2/c1-22-14-2-3-16(22)13-24(7-6-14)19(25)21-18-12-15(4-5-17(18)20)23-8-10-26-11-9-23/h4-5,12,14,16H,2-3,6-11,13H2,1H3,(H,21,25)/t14-,16+/m0/s1. The molecular formula is C19H27ClN4O2. The van der Waals surface area contributed by atoms with Gasteiger partial charge in [-0.3, -0.25) is 4.90 Å². The van der Waals surface area contributed by atoms with E-state index in [0.29, 0.717) is 22.8 Å². The number of hydrogen-bond donors (Lipinski definition) is 1. The number of amides is 2. The first kappa shape index (κ1) is 17.9. The maximum Gasteiger partial charge on any atom is 0.321 e. The van der Waals surface area contributed by atoms with Gasteiger partial charge in [0, 0.05) is 44.0 Å². The number of nitrogens with one attached hydrogen (secondary N) is 1. The number of hydrogen-bond acceptors (Lipinski definition) is 4. The number of urea groups is 1. The summed E-state index contributed by atoms with van der Waals surface area (Å²) in [6.07, 6.45) is 3.48. The number of morpholine rings is 1. The van der Waals surface area contributed by atoms with Gasteiger partial charge in [-0.15, -0.1) is 0 Å². The van der Waals surface area contributed by atoms with Crippen molar-refractivity contribution >= 4 is 29.0 Å². The zero-order chi connectivity index (χ0) is 18.1. The first-order valence-corrected chi connectivity index (χ1v) is 9.90. The van der Waals surface area contributed by atoms with E-state index in [-0.39, 0.29) is 6.03 Å². The predicted octanol–water partition coefficient (Wildman–Crippen LogP) is 2.88. The van der Waals surface area contributed by atoms with Gasteiger partial charge in [0.2, 0.25) is 0 Å². The smallest absolute Gasteiger partial charge is 0.321 e. The average Bonchev–Trinajstić information content (AvgIpc) is 2.89. The van der Waals surface area contributed by atoms with E-state index in [1.165, 1.54) is 12.8 Å². The van der Waals surface area contributed by atoms with E-state index < -0.39 is 0 Å². The first-order valence-electron chi connectivity index (χ1n) is 9.52. The van der Waals surface area contributed by atoms with Gasteiger partial charge < -0.3 is 19.9 Å². The first-order chi connectivity index (χ1) is 12.6. The zero-order valence-electron chi connectivity index (χ0n) is 15.3. The monoisotopic (exact) mass is 378 g/mol. The van der Waals surface area contributed by atoms with Crippen LogP contribution in [0.25, 0.3) is 0 Å². The lowest BCUT2D eigenvalue weighted by Crippen LogP contribution is -2.41. The Labute approximate surface area is 160 Å². The van der Waals surface area contributed by atoms with E-state index in [2.05, 4.69) is 22.2 Å². The fourth-order valence-electron chi connectivity index (χ4n) is 4.31. The SMILES string of the molecule is CN1[C@H]2CC[C@@H]1CN(C(=O)Nc1cc(N3CCOCC3)ccc1Cl)CC2. The van der Waals surface area contributed by atoms with Gasteiger partial charge in [-0.2, -0.15) is 0 Å². The van der Waals surface area contributed by atoms with Crippen molar-refractivity contribution in [3.63, 3.8) is 0 Å². The van der Waals surface area contributed by atoms with Crippen molar-refractivity contribution in [2.45, 2.75) is 31.3 Å². The maximum absolute atomic E-state index is 12.8. The Hall–Kier alpha value is -1.50. The number of benzene rings is 1. The molecule has 3 aliphatic heterocycles. The molecule has 2 amide bonds. The van der Waals surface area contributed by atoms with Crippen molar-refractivity contribution in [1.82, 2.24) is 9.80 Å². The van der Waals surface area contributed by atoms with Gasteiger partial charge in [0.15, 0.2) is 0 Å². The van der Waals surface area contributed by atoms with Crippen LogP contribution in [0.15, 0.2) is 18.2 Å². The average molecular weight is 379 g/mol. The summed E-state index contributed by atoms with van der Waals surface area (Å²) in [6, 6.07) is 6.88. The summed E-state index contributed by atoms with van der Waals surface area (Å²) in [4.78, 5) is 19.5. The van der Waals surface area contributed by atoms with Crippen molar-refractivity contribution in [3.05, 3.63) is 23.2 Å². The molecule has 3 aliphatic rings. The van der Waals surface area contributed by atoms with Crippen LogP contribution in [0.2, 0.25) is 5.02 Å². The van der Waals surface area contributed by atoms with Crippen LogP contribution >= 0.6 is 11.6 Å². The molecule has 7 heteroatoms. The molecule has 2 atom stereocenters. The van der Waals surface area contributed by atoms with Crippen LogP contribution in [0.5, 0.6) is 0 Å². The summed E-state index contributed by atoms with van der Waals surface area (Å²) in [5.41, 5.74) is 1.76. The largest absolute Gasteiger partial charge is 0.378 e. The number of likely N-dealkylation sites (N-methyl/N-ethyl adjacent to an activating group) is 1. The van der Waals surface area contributed by atoms with Crippen molar-refractivity contribution in [2.24, 2.45) is 0 Å². The highest BCUT2D eigenvalue weighted by Crippen LogP contribution is 2.31. The lowest BCUT2D eigenvalue weighted by molar-refractivity contribution is 0.122. The summed E-state index contributed by atoms with van der Waals surface area (Å²) >= 11 is 6.35. The van der Waals surface area contributed by atoms with Gasteiger partial charge in [0.1, 0.15) is 0 Å². The van der Waals surface area contributed by atoms with Crippen LogP contribution in [0.3, 0.4) is 0 Å². The molecule has 1 aromatic carbocycles. The molecule has 0 saturated carbocycles. The molecule has 142 valence electrons. The van der Waals surface area contributed by atoms with Gasteiger partial charge in [-0.25, -0.2) is 4.79 Å². The highest BCUT2D eigenvalue weighted by molar-refractivity contribution is 6.33. The van der Waals surface area contributed by atoms with Gasteiger partial charge in [-0.05, 0) is 44.5 Å². The van der Waals surface area contributed by atoms with E-state index >= 15 is 0 Å². The number of carbonyl (C=O) groups excluding carboxylic acids is 1. The molecule has 1 N–H and O–H groups in total. The summed E-state index contributed by atoms with van der Waals surface area (Å²) in [6.45, 7) is 4.77. The molecule has 6 nitrogen and oxygen atoms in total. The molecule has 0 aliphatic carbocycles. The topological polar surface area (TPSA) is 48.0 Å². The molecule has 26 heavy (non-hydrogen) atoms. The van der Waals surface area contributed by atoms with Crippen molar-refractivity contribution in [3.8, 4) is 0 Å². The number of nitrogens with zero attached hydrogens (tertiary/aromatic N) is 3. The third-order valence-electron chi connectivity index (χ3n) is 6.00. The summed E-state index contributed by atoms with van der Waals surface area (Å²) in [7, 11) is 2.19. The third-order valence-corrected chi connectivity index (χ3v) is 6.33. The summed E-state index contributed by atoms with van der Waals surface area (Å²) in [5.74, 6) is 0. The highest BCUT2D eigenvalue weighted by Gasteiger charge is 2.36. The molecule has 0 unspecified atom stereocenters. The fourth-order valence-corrected chi connectivity index (χ4v) is 4.48. The second kappa shape index (κ2) is 7.62. The third kappa shape index (κ3) is 3.63. The number of fused-ring (bicyclic) bond motifs is 2. The van der Waals surface area contributed by atoms with Crippen molar-refractivity contribution in [1.29, 1.82) is 0 Å². The van der Waals surface area contributed by atoms with Gasteiger partial charge in [-0.1, -0.05) is 11.6 Å². The van der Waals surface area contributed by atoms with E-state index in [1.54, 1.807) is 0 Å². The van der Waals surface area contributed by atoms with E-state index in [0.717, 1.165) is 51.5 Å². The summed E-state index contributed by atoms with van der Waals surface area (Å²) in [5, 5.41) is 3.61. The Kier molecular flexibility index (Phi) is 5.25. The van der Waals surface area contributed by atoms with Gasteiger partial charge in [0.25, 0.3) is 0 Å². The minimum absolute atomic E-state index is 0.0491. The van der Waals surface area contributed by atoms with E-state index in [9.17, 15) is 4.79 Å². The normalized spacial score (nSPS) is 26.7. The molecule has 3 fully saturated rings. The van der Waals surface area contributed by atoms with Crippen molar-refractivity contribution in [2.75, 3.05) is 56.7 Å². The molecule has 0 radical (unpaired) electrons. The second-order valence-electron chi connectivity index (χ2n) is 7.48. The number of carbonyl (C=O) groups is 1. The minimum atomic E-state index is -0.0491. The zero-order valence-corrected chi connectivity index (χ0v) is 16.0. The van der Waals surface area contributed by atoms with Crippen molar-refractivity contribution < 1.29 is 9.53 Å². The van der Waals surface area contributed by atoms with Crippen LogP contribution in [-0.2, 0) is 4.74 Å². The lowest BCUT2D eigenvalue weighted by atomic mass is 10.1. The molecule has 2 bridgehead atoms. The Bertz CT molecular complexity index is 665. The highest BCUT2D eigenvalue weighted by atomic mass is 35.5. The minimum Gasteiger partial charge on any atom is -0.378 e. The Balaban J connectivity index is 1.45. The molecule has 3 heterocycles. The molecular weight excluding hydrogens is 352 g/mol. The van der Waals surface area contributed by atoms with Crippen LogP contribution in [-0.4, -0.2) is 74.4 Å². The Morgan fingerprint density at radius 2 is 1.92 bits per heavy atom. The number of halogens is 1. The van der Waals surface area contributed by atoms with Gasteiger partial charge >= 0.3 is 6.03 Å². The second-order valence-corrected chi connectivity index (χ2v) is 7.89. The quantitative estimate of drug-likeness (QED) is 0.859. The number of rotatable bonds is 2. The van der Waals surface area contributed by atoms with Gasteiger partial charge in [0.05, 0.1) is 23.9 Å². The molecule has 1 aromatic rings. The molecule has 4 rings (SSSR count). The van der Waals surface area contributed by atoms with Crippen LogP contribution in [0, 0.1) is 0 Å². The van der Waals surface area contributed by atoms with Crippen LogP contribution in [0.4, 0.5) is 16.2 Å². The summed E-state index contributed by atoms with van der Waals surface area (Å²) < 4.78 is 5.42. The van der Waals surface area contributed by atoms with Crippen LogP contribution in [0.1, 0.15) is 19.3 Å². The van der Waals surface area contributed by atoms with Crippen LogP contribution < -0.4 is 10.2 Å². The Morgan fingerprint density at radius 1 is 1.15 bits per heavy atom. The molecule has 0 spiro atoms. The predicted molar refractivity (Wildman–Crippen MR) is 104 cm³/mol. The van der Waals surface area contributed by atoms with E-state index in [1.807, 2.05) is 23.1 Å². The number of likely N-dealkylation sites (tertiary alicyclic amines) is 1. The van der Waals surface area contributed by atoms with E-state index in [4.69, 9.17) is 16.3 Å². The number of anilines is 2. The Morgan fingerprint density at radius 3 is 2.73 bits per heavy atom. The molecule has 3 saturated heterocycles. The maximum atomic E-state index is 12.8. The number of ether oxygens (including phenoxy) is 1.